The molecule has 1 aliphatic heterocycles. The minimum absolute atomic E-state index is 0.133. The molecule has 1 fully saturated rings. The molecule has 29 heavy (non-hydrogen) atoms. The van der Waals surface area contributed by atoms with Gasteiger partial charge in [0, 0.05) is 24.3 Å². The summed E-state index contributed by atoms with van der Waals surface area (Å²) in [5.41, 5.74) is 2.55. The summed E-state index contributed by atoms with van der Waals surface area (Å²) in [5.74, 6) is -0.658. The Morgan fingerprint density at radius 2 is 2.07 bits per heavy atom. The molecule has 1 saturated heterocycles. The van der Waals surface area contributed by atoms with E-state index in [2.05, 4.69) is 15.2 Å². The van der Waals surface area contributed by atoms with Crippen molar-refractivity contribution in [2.24, 2.45) is 0 Å². The Bertz CT molecular complexity index is 1050. The Labute approximate surface area is 167 Å². The number of fused-ring (bicyclic) bond motifs is 1. The molecule has 0 spiro atoms. The number of hydrogen-bond acceptors (Lipinski definition) is 6. The van der Waals surface area contributed by atoms with Crippen LogP contribution in [0.15, 0.2) is 42.6 Å². The monoisotopic (exact) mass is 396 g/mol. The van der Waals surface area contributed by atoms with Crippen LogP contribution in [0.5, 0.6) is 0 Å². The van der Waals surface area contributed by atoms with Crippen LogP contribution in [0.2, 0.25) is 0 Å². The number of nitrogens with zero attached hydrogens (tertiary/aromatic N) is 3. The predicted octanol–water partition coefficient (Wildman–Crippen LogP) is 3.48. The highest BCUT2D eigenvalue weighted by atomic mass is 19.1. The molecule has 0 bridgehead atoms. The van der Waals surface area contributed by atoms with Gasteiger partial charge in [0.1, 0.15) is 11.6 Å². The molecule has 150 valence electrons. The molecule has 2 N–H and O–H groups in total. The standard InChI is InChI=1S/C21H21FN4O3/c1-13(24-16-4-2-3-15(22)11-16)17-9-14(21(27)28)10-18-20(17)25-19(12-23-18)26-5-7-29-8-6-26/h2-4,9-13,24H,5-8H2,1H3,(H,27,28). The van der Waals surface area contributed by atoms with E-state index in [0.29, 0.717) is 35.5 Å². The van der Waals surface area contributed by atoms with E-state index in [-0.39, 0.29) is 17.4 Å². The lowest BCUT2D eigenvalue weighted by atomic mass is 10.0. The molecule has 7 nitrogen and oxygen atoms in total. The van der Waals surface area contributed by atoms with E-state index in [1.54, 1.807) is 24.4 Å². The highest BCUT2D eigenvalue weighted by molar-refractivity contribution is 5.94. The van der Waals surface area contributed by atoms with Gasteiger partial charge in [-0.3, -0.25) is 4.98 Å². The van der Waals surface area contributed by atoms with Gasteiger partial charge in [0.15, 0.2) is 0 Å². The number of anilines is 2. The summed E-state index contributed by atoms with van der Waals surface area (Å²) >= 11 is 0. The first kappa shape index (κ1) is 19.1. The minimum Gasteiger partial charge on any atom is -0.478 e. The van der Waals surface area contributed by atoms with Crippen molar-refractivity contribution >= 4 is 28.5 Å². The van der Waals surface area contributed by atoms with E-state index in [4.69, 9.17) is 9.72 Å². The van der Waals surface area contributed by atoms with Gasteiger partial charge in [-0.1, -0.05) is 6.07 Å². The maximum atomic E-state index is 13.5. The molecular weight excluding hydrogens is 375 g/mol. The first-order chi connectivity index (χ1) is 14.0. The summed E-state index contributed by atoms with van der Waals surface area (Å²) in [6.07, 6.45) is 1.66. The lowest BCUT2D eigenvalue weighted by Crippen LogP contribution is -2.36. The van der Waals surface area contributed by atoms with Gasteiger partial charge in [-0.15, -0.1) is 0 Å². The fourth-order valence-electron chi connectivity index (χ4n) is 3.44. The van der Waals surface area contributed by atoms with Gasteiger partial charge in [-0.25, -0.2) is 14.2 Å². The van der Waals surface area contributed by atoms with Gasteiger partial charge in [-0.05, 0) is 37.3 Å². The molecule has 2 aromatic carbocycles. The van der Waals surface area contributed by atoms with Crippen LogP contribution in [0.25, 0.3) is 11.0 Å². The summed E-state index contributed by atoms with van der Waals surface area (Å²) in [4.78, 5) is 22.9. The van der Waals surface area contributed by atoms with Crippen LogP contribution in [0.4, 0.5) is 15.9 Å². The van der Waals surface area contributed by atoms with E-state index in [1.807, 2.05) is 6.92 Å². The van der Waals surface area contributed by atoms with Crippen molar-refractivity contribution in [3.8, 4) is 0 Å². The van der Waals surface area contributed by atoms with Crippen LogP contribution < -0.4 is 10.2 Å². The molecule has 3 aromatic rings. The highest BCUT2D eigenvalue weighted by Gasteiger charge is 2.19. The molecule has 1 atom stereocenters. The molecule has 4 rings (SSSR count). The second-order valence-electron chi connectivity index (χ2n) is 6.94. The average molecular weight is 396 g/mol. The van der Waals surface area contributed by atoms with E-state index in [9.17, 15) is 14.3 Å². The quantitative estimate of drug-likeness (QED) is 0.683. The number of ether oxygens (including phenoxy) is 1. The van der Waals surface area contributed by atoms with Crippen molar-refractivity contribution in [1.29, 1.82) is 0 Å². The zero-order valence-corrected chi connectivity index (χ0v) is 15.9. The van der Waals surface area contributed by atoms with Crippen LogP contribution in [0.1, 0.15) is 28.9 Å². The fraction of sp³-hybridized carbons (Fsp3) is 0.286. The number of nitrogens with one attached hydrogen (secondary N) is 1. The number of aromatic nitrogens is 2. The van der Waals surface area contributed by atoms with Crippen molar-refractivity contribution in [2.45, 2.75) is 13.0 Å². The number of aromatic carboxylic acids is 1. The minimum atomic E-state index is -1.04. The summed E-state index contributed by atoms with van der Waals surface area (Å²) < 4.78 is 18.9. The lowest BCUT2D eigenvalue weighted by molar-refractivity contribution is 0.0697. The molecule has 1 aromatic heterocycles. The van der Waals surface area contributed by atoms with Gasteiger partial charge in [-0.2, -0.15) is 0 Å². The van der Waals surface area contributed by atoms with Crippen LogP contribution >= 0.6 is 0 Å². The van der Waals surface area contributed by atoms with Gasteiger partial charge in [0.2, 0.25) is 0 Å². The zero-order chi connectivity index (χ0) is 20.4. The number of halogens is 1. The van der Waals surface area contributed by atoms with Crippen molar-refractivity contribution < 1.29 is 19.0 Å². The Kier molecular flexibility index (Phi) is 5.26. The zero-order valence-electron chi connectivity index (χ0n) is 15.9. The molecule has 0 amide bonds. The molecule has 2 heterocycles. The summed E-state index contributed by atoms with van der Waals surface area (Å²) in [5, 5.41) is 12.7. The summed E-state index contributed by atoms with van der Waals surface area (Å²) in [7, 11) is 0. The van der Waals surface area contributed by atoms with Crippen molar-refractivity contribution in [2.75, 3.05) is 36.5 Å². The molecule has 0 radical (unpaired) electrons. The first-order valence-corrected chi connectivity index (χ1v) is 9.40. The molecule has 0 saturated carbocycles. The van der Waals surface area contributed by atoms with Crippen molar-refractivity contribution in [3.63, 3.8) is 0 Å². The molecular formula is C21H21FN4O3. The third-order valence-corrected chi connectivity index (χ3v) is 4.92. The number of carbonyl (C=O) groups is 1. The molecule has 1 unspecified atom stereocenters. The number of carboxylic acids is 1. The smallest absolute Gasteiger partial charge is 0.335 e. The first-order valence-electron chi connectivity index (χ1n) is 9.40. The largest absolute Gasteiger partial charge is 0.478 e. The molecule has 8 heteroatoms. The van der Waals surface area contributed by atoms with Gasteiger partial charge >= 0.3 is 5.97 Å². The Morgan fingerprint density at radius 3 is 2.79 bits per heavy atom. The average Bonchev–Trinajstić information content (AvgIpc) is 2.73. The van der Waals surface area contributed by atoms with E-state index < -0.39 is 5.97 Å². The number of hydrogen-bond donors (Lipinski definition) is 2. The third-order valence-electron chi connectivity index (χ3n) is 4.92. The van der Waals surface area contributed by atoms with Gasteiger partial charge in [0.25, 0.3) is 0 Å². The van der Waals surface area contributed by atoms with E-state index in [0.717, 1.165) is 18.9 Å². The lowest BCUT2D eigenvalue weighted by Gasteiger charge is -2.28. The predicted molar refractivity (Wildman–Crippen MR) is 108 cm³/mol. The van der Waals surface area contributed by atoms with Crippen LogP contribution in [-0.2, 0) is 4.74 Å². The van der Waals surface area contributed by atoms with Crippen molar-refractivity contribution in [3.05, 3.63) is 59.5 Å². The van der Waals surface area contributed by atoms with Crippen LogP contribution in [-0.4, -0.2) is 47.3 Å². The second-order valence-corrected chi connectivity index (χ2v) is 6.94. The number of carboxylic acid groups (broad SMARTS) is 1. The maximum absolute atomic E-state index is 13.5. The number of morpholine rings is 1. The Balaban J connectivity index is 1.76. The summed E-state index contributed by atoms with van der Waals surface area (Å²) in [6, 6.07) is 8.94. The number of benzene rings is 2. The Morgan fingerprint density at radius 1 is 1.28 bits per heavy atom. The Hall–Kier alpha value is -3.26. The number of rotatable bonds is 5. The second kappa shape index (κ2) is 8.00. The molecule has 1 aliphatic rings. The van der Waals surface area contributed by atoms with Crippen LogP contribution in [0, 0.1) is 5.82 Å². The SMILES string of the molecule is CC(Nc1cccc(F)c1)c1cc(C(=O)O)cc2ncc(N3CCOCC3)nc12. The van der Waals surface area contributed by atoms with E-state index >= 15 is 0 Å². The molecule has 0 aliphatic carbocycles. The van der Waals surface area contributed by atoms with Gasteiger partial charge < -0.3 is 20.1 Å². The normalized spacial score (nSPS) is 15.3. The summed E-state index contributed by atoms with van der Waals surface area (Å²) in [6.45, 7) is 4.58. The van der Waals surface area contributed by atoms with Crippen molar-refractivity contribution in [1.82, 2.24) is 9.97 Å². The van der Waals surface area contributed by atoms with E-state index in [1.165, 1.54) is 18.2 Å². The third kappa shape index (κ3) is 4.12. The fourth-order valence-corrected chi connectivity index (χ4v) is 3.44. The topological polar surface area (TPSA) is 87.6 Å². The highest BCUT2D eigenvalue weighted by Crippen LogP contribution is 2.28. The van der Waals surface area contributed by atoms with Gasteiger partial charge in [0.05, 0.1) is 42.0 Å². The van der Waals surface area contributed by atoms with Crippen LogP contribution in [0.3, 0.4) is 0 Å². The maximum Gasteiger partial charge on any atom is 0.335 e.